The second-order valence-corrected chi connectivity index (χ2v) is 10.8. The van der Waals surface area contributed by atoms with E-state index in [9.17, 15) is 13.2 Å². The summed E-state index contributed by atoms with van der Waals surface area (Å²) in [5.41, 5.74) is 2.36. The quantitative estimate of drug-likeness (QED) is 0.562. The number of aromatic nitrogens is 2. The predicted octanol–water partition coefficient (Wildman–Crippen LogP) is 3.88. The van der Waals surface area contributed by atoms with E-state index in [1.807, 2.05) is 54.6 Å². The number of carbonyl (C=O) groups excluding carboxylic acids is 1. The first kappa shape index (κ1) is 23.4. The minimum absolute atomic E-state index is 0.132. The maximum atomic E-state index is 13.2. The molecule has 2 aliphatic heterocycles. The maximum Gasteiger partial charge on any atom is 0.236 e. The number of carbonyl (C=O) groups is 1. The number of anilines is 2. The van der Waals surface area contributed by atoms with Gasteiger partial charge in [-0.1, -0.05) is 42.5 Å². The van der Waals surface area contributed by atoms with E-state index >= 15 is 0 Å². The first-order valence-electron chi connectivity index (χ1n) is 12.1. The molecule has 1 aromatic heterocycles. The Bertz CT molecular complexity index is 1330. The second kappa shape index (κ2) is 10.1. The fourth-order valence-corrected chi connectivity index (χ4v) is 5.85. The SMILES string of the molecule is O=C(Nc1nc2ccccc2nc1N1CCCC1)C1CCN(S(=O)(=O)C=Cc2ccccc2)CC1. The summed E-state index contributed by atoms with van der Waals surface area (Å²) in [5.74, 6) is 0.781. The van der Waals surface area contributed by atoms with Crippen LogP contribution in [0.25, 0.3) is 17.1 Å². The zero-order valence-electron chi connectivity index (χ0n) is 19.5. The fraction of sp³-hybridized carbons (Fsp3) is 0.346. The minimum atomic E-state index is -3.54. The van der Waals surface area contributed by atoms with E-state index in [4.69, 9.17) is 9.97 Å². The summed E-state index contributed by atoms with van der Waals surface area (Å²) in [6.45, 7) is 2.40. The molecule has 0 radical (unpaired) electrons. The number of para-hydroxylation sites is 2. The van der Waals surface area contributed by atoms with Crippen molar-refractivity contribution >= 4 is 44.7 Å². The zero-order chi connectivity index (χ0) is 24.3. The summed E-state index contributed by atoms with van der Waals surface area (Å²) >= 11 is 0. The van der Waals surface area contributed by atoms with Gasteiger partial charge in [-0.3, -0.25) is 4.79 Å². The highest BCUT2D eigenvalue weighted by Crippen LogP contribution is 2.29. The van der Waals surface area contributed by atoms with Gasteiger partial charge in [0.05, 0.1) is 11.0 Å². The van der Waals surface area contributed by atoms with Gasteiger partial charge in [0.2, 0.25) is 15.9 Å². The van der Waals surface area contributed by atoms with E-state index in [-0.39, 0.29) is 11.8 Å². The molecule has 8 nitrogen and oxygen atoms in total. The Hall–Kier alpha value is -3.30. The highest BCUT2D eigenvalue weighted by Gasteiger charge is 2.31. The van der Waals surface area contributed by atoms with Crippen LogP contribution in [0.3, 0.4) is 0 Å². The third kappa shape index (κ3) is 5.36. The Labute approximate surface area is 205 Å². The number of hydrogen-bond acceptors (Lipinski definition) is 6. The molecular formula is C26H29N5O3S. The largest absolute Gasteiger partial charge is 0.354 e. The van der Waals surface area contributed by atoms with Crippen molar-refractivity contribution in [2.24, 2.45) is 5.92 Å². The number of piperidine rings is 1. The molecule has 5 rings (SSSR count). The summed E-state index contributed by atoms with van der Waals surface area (Å²) in [5, 5.41) is 4.26. The smallest absolute Gasteiger partial charge is 0.236 e. The van der Waals surface area contributed by atoms with E-state index in [0.29, 0.717) is 37.6 Å². The molecular weight excluding hydrogens is 462 g/mol. The normalized spacial score (nSPS) is 17.9. The number of rotatable bonds is 6. The van der Waals surface area contributed by atoms with Crippen molar-refractivity contribution < 1.29 is 13.2 Å². The Balaban J connectivity index is 1.26. The number of benzene rings is 2. The van der Waals surface area contributed by atoms with Crippen LogP contribution in [0.4, 0.5) is 11.6 Å². The zero-order valence-corrected chi connectivity index (χ0v) is 20.3. The van der Waals surface area contributed by atoms with Crippen LogP contribution in [-0.2, 0) is 14.8 Å². The lowest BCUT2D eigenvalue weighted by atomic mass is 9.97. The van der Waals surface area contributed by atoms with Crippen molar-refractivity contribution in [1.82, 2.24) is 14.3 Å². The molecule has 0 bridgehead atoms. The third-order valence-corrected chi connectivity index (χ3v) is 8.18. The van der Waals surface area contributed by atoms with Crippen molar-refractivity contribution in [3.8, 4) is 0 Å². The van der Waals surface area contributed by atoms with Crippen LogP contribution in [0, 0.1) is 5.92 Å². The molecule has 0 saturated carbocycles. The molecule has 9 heteroatoms. The first-order valence-corrected chi connectivity index (χ1v) is 13.6. The Morgan fingerprint density at radius 2 is 1.51 bits per heavy atom. The topological polar surface area (TPSA) is 95.5 Å². The van der Waals surface area contributed by atoms with Crippen molar-refractivity contribution in [2.45, 2.75) is 25.7 Å². The molecule has 0 unspecified atom stereocenters. The van der Waals surface area contributed by atoms with Gasteiger partial charge in [-0.05, 0) is 49.5 Å². The van der Waals surface area contributed by atoms with E-state index < -0.39 is 10.0 Å². The maximum absolute atomic E-state index is 13.2. The van der Waals surface area contributed by atoms with Crippen LogP contribution in [0.15, 0.2) is 60.0 Å². The Morgan fingerprint density at radius 3 is 2.20 bits per heavy atom. The summed E-state index contributed by atoms with van der Waals surface area (Å²) in [7, 11) is -3.54. The number of nitrogens with zero attached hydrogens (tertiary/aromatic N) is 4. The number of nitrogens with one attached hydrogen (secondary N) is 1. The Kier molecular flexibility index (Phi) is 6.79. The average Bonchev–Trinajstić information content (AvgIpc) is 3.43. The fourth-order valence-electron chi connectivity index (χ4n) is 4.63. The molecule has 3 aromatic rings. The lowest BCUT2D eigenvalue weighted by Crippen LogP contribution is -2.40. The van der Waals surface area contributed by atoms with Crippen LogP contribution < -0.4 is 10.2 Å². The van der Waals surface area contributed by atoms with E-state index in [0.717, 1.165) is 42.5 Å². The molecule has 2 saturated heterocycles. The standard InChI is InChI=1S/C26H29N5O3S/c32-26(21-12-17-31(18-13-21)35(33,34)19-14-20-8-2-1-3-9-20)29-24-25(30-15-6-7-16-30)28-23-11-5-4-10-22(23)27-24/h1-5,8-11,14,19,21H,6-7,12-13,15-18H2,(H,27,29,32). The number of fused-ring (bicyclic) bond motifs is 1. The monoisotopic (exact) mass is 491 g/mol. The highest BCUT2D eigenvalue weighted by molar-refractivity contribution is 7.92. The molecule has 0 spiro atoms. The highest BCUT2D eigenvalue weighted by atomic mass is 32.2. The van der Waals surface area contributed by atoms with Crippen LogP contribution in [-0.4, -0.2) is 54.8 Å². The summed E-state index contributed by atoms with van der Waals surface area (Å²) in [6.07, 6.45) is 4.71. The summed E-state index contributed by atoms with van der Waals surface area (Å²) < 4.78 is 27.0. The molecule has 1 N–H and O–H groups in total. The Morgan fingerprint density at radius 1 is 0.886 bits per heavy atom. The van der Waals surface area contributed by atoms with Crippen LogP contribution in [0.2, 0.25) is 0 Å². The van der Waals surface area contributed by atoms with Crippen LogP contribution in [0.1, 0.15) is 31.2 Å². The number of amides is 1. The van der Waals surface area contributed by atoms with Gasteiger partial charge in [0.15, 0.2) is 11.6 Å². The molecule has 3 heterocycles. The van der Waals surface area contributed by atoms with Crippen molar-refractivity contribution in [3.63, 3.8) is 0 Å². The third-order valence-electron chi connectivity index (χ3n) is 6.62. The molecule has 0 aliphatic carbocycles. The summed E-state index contributed by atoms with van der Waals surface area (Å²) in [4.78, 5) is 24.8. The average molecular weight is 492 g/mol. The van der Waals surface area contributed by atoms with Crippen LogP contribution >= 0.6 is 0 Å². The molecule has 2 aliphatic rings. The van der Waals surface area contributed by atoms with Gasteiger partial charge in [-0.15, -0.1) is 0 Å². The van der Waals surface area contributed by atoms with E-state index in [1.165, 1.54) is 9.71 Å². The molecule has 182 valence electrons. The van der Waals surface area contributed by atoms with E-state index in [1.54, 1.807) is 6.08 Å². The molecule has 1 amide bonds. The van der Waals surface area contributed by atoms with E-state index in [2.05, 4.69) is 10.2 Å². The number of sulfonamides is 1. The van der Waals surface area contributed by atoms with Crippen molar-refractivity contribution in [2.75, 3.05) is 36.4 Å². The molecule has 2 fully saturated rings. The first-order chi connectivity index (χ1) is 17.0. The lowest BCUT2D eigenvalue weighted by Gasteiger charge is -2.30. The van der Waals surface area contributed by atoms with Crippen LogP contribution in [0.5, 0.6) is 0 Å². The molecule has 35 heavy (non-hydrogen) atoms. The predicted molar refractivity (Wildman–Crippen MR) is 138 cm³/mol. The lowest BCUT2D eigenvalue weighted by molar-refractivity contribution is -0.120. The van der Waals surface area contributed by atoms with Crippen molar-refractivity contribution in [3.05, 3.63) is 65.6 Å². The minimum Gasteiger partial charge on any atom is -0.354 e. The van der Waals surface area contributed by atoms with Gasteiger partial charge >= 0.3 is 0 Å². The van der Waals surface area contributed by atoms with Gasteiger partial charge in [-0.25, -0.2) is 18.4 Å². The number of hydrogen-bond donors (Lipinski definition) is 1. The van der Waals surface area contributed by atoms with Gasteiger partial charge < -0.3 is 10.2 Å². The van der Waals surface area contributed by atoms with Gasteiger partial charge in [0, 0.05) is 37.5 Å². The molecule has 2 aromatic carbocycles. The van der Waals surface area contributed by atoms with Gasteiger partial charge in [0.1, 0.15) is 0 Å². The molecule has 0 atom stereocenters. The van der Waals surface area contributed by atoms with Crippen molar-refractivity contribution in [1.29, 1.82) is 0 Å². The second-order valence-electron chi connectivity index (χ2n) is 9.00. The summed E-state index contributed by atoms with van der Waals surface area (Å²) in [6, 6.07) is 17.0. The van der Waals surface area contributed by atoms with Gasteiger partial charge in [-0.2, -0.15) is 4.31 Å². The van der Waals surface area contributed by atoms with Gasteiger partial charge in [0.25, 0.3) is 0 Å².